The van der Waals surface area contributed by atoms with Crippen molar-refractivity contribution < 1.29 is 0 Å². The average Bonchev–Trinajstić information content (AvgIpc) is 2.79. The van der Waals surface area contributed by atoms with Gasteiger partial charge in [0, 0.05) is 12.7 Å². The molecule has 0 saturated carbocycles. The first-order valence-electron chi connectivity index (χ1n) is 6.35. The number of aryl methyl sites for hydroxylation is 1. The third-order valence-corrected chi connectivity index (χ3v) is 3.91. The largest absolute Gasteiger partial charge is 0.272 e. The lowest BCUT2D eigenvalue weighted by Crippen LogP contribution is -1.97. The van der Waals surface area contributed by atoms with Crippen LogP contribution in [0.3, 0.4) is 0 Å². The van der Waals surface area contributed by atoms with Gasteiger partial charge in [0.2, 0.25) is 0 Å². The molecule has 0 N–H and O–H groups in total. The lowest BCUT2D eigenvalue weighted by atomic mass is 10.1. The third-order valence-electron chi connectivity index (χ3n) is 3.36. The fourth-order valence-corrected chi connectivity index (χ4v) is 2.70. The topological polar surface area (TPSA) is 43.6 Å². The summed E-state index contributed by atoms with van der Waals surface area (Å²) < 4.78 is 1.76. The lowest BCUT2D eigenvalue weighted by molar-refractivity contribution is 0.740. The van der Waals surface area contributed by atoms with Gasteiger partial charge in [0.05, 0.1) is 17.3 Å². The second kappa shape index (κ2) is 5.47. The summed E-state index contributed by atoms with van der Waals surface area (Å²) in [5, 5.41) is 4.85. The molecule has 3 aromatic rings. The molecular formula is C15H12Cl2N4. The Balaban J connectivity index is 2.15. The van der Waals surface area contributed by atoms with E-state index in [4.69, 9.17) is 23.2 Å². The number of hydrogen-bond acceptors (Lipinski definition) is 3. The second-order valence-electron chi connectivity index (χ2n) is 4.64. The average molecular weight is 319 g/mol. The summed E-state index contributed by atoms with van der Waals surface area (Å²) >= 11 is 12.6. The monoisotopic (exact) mass is 318 g/mol. The molecule has 0 spiro atoms. The number of hydrogen-bond donors (Lipinski definition) is 0. The van der Waals surface area contributed by atoms with Crippen molar-refractivity contribution in [2.75, 3.05) is 0 Å². The van der Waals surface area contributed by atoms with Crippen LogP contribution in [0.15, 0.2) is 36.5 Å². The second-order valence-corrected chi connectivity index (χ2v) is 5.35. The maximum absolute atomic E-state index is 6.32. The van der Waals surface area contributed by atoms with Gasteiger partial charge in [-0.25, -0.2) is 9.97 Å². The van der Waals surface area contributed by atoms with E-state index in [0.717, 1.165) is 16.8 Å². The molecule has 4 nitrogen and oxygen atoms in total. The first-order chi connectivity index (χ1) is 10.1. The van der Waals surface area contributed by atoms with Crippen molar-refractivity contribution in [3.63, 3.8) is 0 Å². The molecule has 1 aromatic carbocycles. The van der Waals surface area contributed by atoms with Crippen LogP contribution >= 0.6 is 23.2 Å². The predicted molar refractivity (Wildman–Crippen MR) is 84.4 cm³/mol. The van der Waals surface area contributed by atoms with Crippen molar-refractivity contribution in [1.82, 2.24) is 19.7 Å². The first-order valence-corrected chi connectivity index (χ1v) is 7.11. The summed E-state index contributed by atoms with van der Waals surface area (Å²) in [6, 6.07) is 9.61. The van der Waals surface area contributed by atoms with Gasteiger partial charge >= 0.3 is 0 Å². The predicted octanol–water partition coefficient (Wildman–Crippen LogP) is 4.16. The van der Waals surface area contributed by atoms with Crippen LogP contribution in [0.1, 0.15) is 5.69 Å². The van der Waals surface area contributed by atoms with E-state index in [1.165, 1.54) is 0 Å². The Labute approximate surface area is 132 Å². The van der Waals surface area contributed by atoms with E-state index in [1.807, 2.05) is 44.3 Å². The Kier molecular flexibility index (Phi) is 3.66. The molecule has 2 aromatic heterocycles. The molecule has 0 atom stereocenters. The molecule has 0 saturated heterocycles. The van der Waals surface area contributed by atoms with Gasteiger partial charge in [-0.3, -0.25) is 4.68 Å². The highest BCUT2D eigenvalue weighted by Crippen LogP contribution is 2.34. The van der Waals surface area contributed by atoms with Gasteiger partial charge in [0.25, 0.3) is 0 Å². The standard InChI is InChI=1S/C15H12Cl2N4/c1-9-11(8-18-21(9)2)15-19-13(16)12(14(17)20-15)10-6-4-3-5-7-10/h3-8H,1-2H3. The van der Waals surface area contributed by atoms with E-state index in [-0.39, 0.29) is 0 Å². The molecule has 0 aliphatic carbocycles. The molecule has 106 valence electrons. The van der Waals surface area contributed by atoms with Gasteiger partial charge < -0.3 is 0 Å². The zero-order valence-electron chi connectivity index (χ0n) is 11.5. The summed E-state index contributed by atoms with van der Waals surface area (Å²) in [4.78, 5) is 8.74. The van der Waals surface area contributed by atoms with Crippen LogP contribution in [0.25, 0.3) is 22.5 Å². The maximum Gasteiger partial charge on any atom is 0.166 e. The van der Waals surface area contributed by atoms with Crippen molar-refractivity contribution in [1.29, 1.82) is 0 Å². The van der Waals surface area contributed by atoms with Gasteiger partial charge in [0.1, 0.15) is 10.3 Å². The van der Waals surface area contributed by atoms with E-state index < -0.39 is 0 Å². The van der Waals surface area contributed by atoms with Crippen molar-refractivity contribution >= 4 is 23.2 Å². The van der Waals surface area contributed by atoms with Crippen LogP contribution in [-0.4, -0.2) is 19.7 Å². The first kappa shape index (κ1) is 14.0. The van der Waals surface area contributed by atoms with E-state index in [2.05, 4.69) is 15.1 Å². The molecule has 0 aliphatic heterocycles. The molecule has 21 heavy (non-hydrogen) atoms. The van der Waals surface area contributed by atoms with Crippen molar-refractivity contribution in [3.05, 3.63) is 52.5 Å². The minimum atomic E-state index is 0.333. The van der Waals surface area contributed by atoms with Crippen molar-refractivity contribution in [3.8, 4) is 22.5 Å². The molecular weight excluding hydrogens is 307 g/mol. The van der Waals surface area contributed by atoms with Crippen LogP contribution in [0.2, 0.25) is 10.3 Å². The SMILES string of the molecule is Cc1c(-c2nc(Cl)c(-c3ccccc3)c(Cl)n2)cnn1C. The molecule has 6 heteroatoms. The van der Waals surface area contributed by atoms with Crippen LogP contribution in [0.5, 0.6) is 0 Å². The Hall–Kier alpha value is -1.91. The van der Waals surface area contributed by atoms with Gasteiger partial charge in [-0.05, 0) is 12.5 Å². The summed E-state index contributed by atoms with van der Waals surface area (Å²) in [5.74, 6) is 0.482. The van der Waals surface area contributed by atoms with Crippen LogP contribution in [-0.2, 0) is 7.05 Å². The Morgan fingerprint density at radius 3 is 2.14 bits per heavy atom. The number of rotatable bonds is 2. The molecule has 0 fully saturated rings. The summed E-state index contributed by atoms with van der Waals surface area (Å²) in [7, 11) is 1.86. The van der Waals surface area contributed by atoms with Crippen molar-refractivity contribution in [2.45, 2.75) is 6.92 Å². The number of benzene rings is 1. The van der Waals surface area contributed by atoms with Crippen LogP contribution < -0.4 is 0 Å². The molecule has 0 radical (unpaired) electrons. The number of aromatic nitrogens is 4. The van der Waals surface area contributed by atoms with E-state index in [1.54, 1.807) is 10.9 Å². The highest BCUT2D eigenvalue weighted by molar-refractivity contribution is 6.37. The highest BCUT2D eigenvalue weighted by Gasteiger charge is 2.16. The summed E-state index contributed by atoms with van der Waals surface area (Å²) in [5.41, 5.74) is 3.31. The molecule has 0 bridgehead atoms. The molecule has 0 unspecified atom stereocenters. The van der Waals surface area contributed by atoms with E-state index >= 15 is 0 Å². The quantitative estimate of drug-likeness (QED) is 0.666. The smallest absolute Gasteiger partial charge is 0.166 e. The fraction of sp³-hybridized carbons (Fsp3) is 0.133. The van der Waals surface area contributed by atoms with Crippen LogP contribution in [0, 0.1) is 6.92 Å². The van der Waals surface area contributed by atoms with Gasteiger partial charge in [-0.1, -0.05) is 53.5 Å². The third kappa shape index (κ3) is 2.52. The minimum Gasteiger partial charge on any atom is -0.272 e. The highest BCUT2D eigenvalue weighted by atomic mass is 35.5. The molecule has 0 aliphatic rings. The molecule has 0 amide bonds. The van der Waals surface area contributed by atoms with E-state index in [0.29, 0.717) is 21.7 Å². The molecule has 3 rings (SSSR count). The van der Waals surface area contributed by atoms with E-state index in [9.17, 15) is 0 Å². The number of halogens is 2. The lowest BCUT2D eigenvalue weighted by Gasteiger charge is -2.08. The summed E-state index contributed by atoms with van der Waals surface area (Å²) in [6.45, 7) is 1.94. The number of nitrogens with zero attached hydrogens (tertiary/aromatic N) is 4. The minimum absolute atomic E-state index is 0.333. The Bertz CT molecular complexity index is 774. The normalized spacial score (nSPS) is 10.9. The fourth-order valence-electron chi connectivity index (χ4n) is 2.09. The van der Waals surface area contributed by atoms with Crippen LogP contribution in [0.4, 0.5) is 0 Å². The van der Waals surface area contributed by atoms with Gasteiger partial charge in [-0.15, -0.1) is 0 Å². The Morgan fingerprint density at radius 2 is 1.62 bits per heavy atom. The van der Waals surface area contributed by atoms with Gasteiger partial charge in [0.15, 0.2) is 5.82 Å². The Morgan fingerprint density at radius 1 is 1.00 bits per heavy atom. The van der Waals surface area contributed by atoms with Gasteiger partial charge in [-0.2, -0.15) is 5.10 Å². The van der Waals surface area contributed by atoms with Crippen molar-refractivity contribution in [2.24, 2.45) is 7.05 Å². The zero-order chi connectivity index (χ0) is 15.0. The maximum atomic E-state index is 6.32. The summed E-state index contributed by atoms with van der Waals surface area (Å²) in [6.07, 6.45) is 1.71. The zero-order valence-corrected chi connectivity index (χ0v) is 13.0. The molecule has 2 heterocycles.